The molecule has 1 atom stereocenters. The van der Waals surface area contributed by atoms with E-state index in [4.69, 9.17) is 4.74 Å². The maximum Gasteiger partial charge on any atom is 0.310 e. The third kappa shape index (κ3) is 2.66. The van der Waals surface area contributed by atoms with E-state index in [-0.39, 0.29) is 17.3 Å². The summed E-state index contributed by atoms with van der Waals surface area (Å²) in [6.45, 7) is 2.63. The summed E-state index contributed by atoms with van der Waals surface area (Å²) in [5.41, 5.74) is 2.21. The minimum atomic E-state index is -0.203. The molecule has 1 aliphatic carbocycles. The molecule has 22 heavy (non-hydrogen) atoms. The van der Waals surface area contributed by atoms with E-state index in [2.05, 4.69) is 31.2 Å². The number of carbonyl (C=O) groups excluding carboxylic acids is 1. The molecule has 0 unspecified atom stereocenters. The van der Waals surface area contributed by atoms with Crippen LogP contribution in [0.2, 0.25) is 0 Å². The van der Waals surface area contributed by atoms with Gasteiger partial charge in [0.25, 0.3) is 0 Å². The van der Waals surface area contributed by atoms with Crippen molar-refractivity contribution in [3.05, 3.63) is 71.8 Å². The number of hydrogen-bond donors (Lipinski definition) is 0. The van der Waals surface area contributed by atoms with Gasteiger partial charge in [-0.05, 0) is 24.0 Å². The molecule has 2 aromatic carbocycles. The van der Waals surface area contributed by atoms with Gasteiger partial charge < -0.3 is 4.74 Å². The van der Waals surface area contributed by atoms with Crippen molar-refractivity contribution < 1.29 is 9.53 Å². The lowest BCUT2D eigenvalue weighted by Gasteiger charge is -2.18. The van der Waals surface area contributed by atoms with Gasteiger partial charge in [-0.15, -0.1) is 0 Å². The van der Waals surface area contributed by atoms with E-state index in [0.29, 0.717) is 6.61 Å². The number of hydrogen-bond acceptors (Lipinski definition) is 2. The largest absolute Gasteiger partial charge is 0.465 e. The molecule has 1 aliphatic rings. The Labute approximate surface area is 132 Å². The van der Waals surface area contributed by atoms with E-state index in [0.717, 1.165) is 19.3 Å². The van der Waals surface area contributed by atoms with Gasteiger partial charge in [0, 0.05) is 5.41 Å². The van der Waals surface area contributed by atoms with Crippen molar-refractivity contribution in [2.24, 2.45) is 5.92 Å². The van der Waals surface area contributed by atoms with Crippen molar-refractivity contribution in [2.45, 2.75) is 31.6 Å². The van der Waals surface area contributed by atoms with Gasteiger partial charge in [-0.25, -0.2) is 0 Å². The molecular weight excluding hydrogens is 272 g/mol. The maximum absolute atomic E-state index is 12.4. The van der Waals surface area contributed by atoms with Crippen LogP contribution in [0.4, 0.5) is 0 Å². The zero-order valence-electron chi connectivity index (χ0n) is 13.0. The molecule has 0 spiro atoms. The predicted molar refractivity (Wildman–Crippen MR) is 87.6 cm³/mol. The lowest BCUT2D eigenvalue weighted by Crippen LogP contribution is -2.19. The van der Waals surface area contributed by atoms with Crippen LogP contribution in [0, 0.1) is 5.92 Å². The predicted octanol–water partition coefficient (Wildman–Crippen LogP) is 4.34. The Bertz CT molecular complexity index is 579. The third-order valence-electron chi connectivity index (χ3n) is 4.57. The van der Waals surface area contributed by atoms with Crippen LogP contribution < -0.4 is 0 Å². The number of esters is 1. The molecule has 0 radical (unpaired) electrons. The summed E-state index contributed by atoms with van der Waals surface area (Å²) in [6, 6.07) is 20.7. The van der Waals surface area contributed by atoms with Gasteiger partial charge in [0.2, 0.25) is 0 Å². The summed E-state index contributed by atoms with van der Waals surface area (Å²) in [5, 5.41) is 0. The summed E-state index contributed by atoms with van der Waals surface area (Å²) in [6.07, 6.45) is 2.81. The highest BCUT2D eigenvalue weighted by Gasteiger charge is 2.61. The van der Waals surface area contributed by atoms with Crippen LogP contribution in [-0.4, -0.2) is 12.6 Å². The monoisotopic (exact) mass is 294 g/mol. The third-order valence-corrected chi connectivity index (χ3v) is 4.57. The van der Waals surface area contributed by atoms with Crippen LogP contribution >= 0.6 is 0 Å². The van der Waals surface area contributed by atoms with Crippen LogP contribution in [0.15, 0.2) is 60.7 Å². The van der Waals surface area contributed by atoms with Crippen LogP contribution in [-0.2, 0) is 14.9 Å². The summed E-state index contributed by atoms with van der Waals surface area (Å²) in [5.74, 6) is -0.115. The zero-order valence-corrected chi connectivity index (χ0v) is 13.0. The van der Waals surface area contributed by atoms with E-state index in [1.54, 1.807) is 0 Å². The van der Waals surface area contributed by atoms with Gasteiger partial charge in [-0.1, -0.05) is 74.0 Å². The lowest BCUT2D eigenvalue weighted by atomic mass is 9.86. The molecule has 1 saturated carbocycles. The van der Waals surface area contributed by atoms with Gasteiger partial charge >= 0.3 is 5.97 Å². The quantitative estimate of drug-likeness (QED) is 0.585. The average Bonchev–Trinajstić information content (AvgIpc) is 3.34. The smallest absolute Gasteiger partial charge is 0.310 e. The maximum atomic E-state index is 12.4. The van der Waals surface area contributed by atoms with Crippen LogP contribution in [0.1, 0.15) is 37.3 Å². The molecule has 0 aliphatic heterocycles. The fourth-order valence-corrected chi connectivity index (χ4v) is 3.24. The number of unbranched alkanes of at least 4 members (excludes halogenated alkanes) is 1. The van der Waals surface area contributed by atoms with Gasteiger partial charge in [0.05, 0.1) is 12.5 Å². The molecule has 1 fully saturated rings. The fraction of sp³-hybridized carbons (Fsp3) is 0.350. The summed E-state index contributed by atoms with van der Waals surface area (Å²) >= 11 is 0. The Balaban J connectivity index is 1.87. The summed E-state index contributed by atoms with van der Waals surface area (Å²) in [7, 11) is 0. The van der Waals surface area contributed by atoms with E-state index in [1.807, 2.05) is 36.4 Å². The first-order valence-corrected chi connectivity index (χ1v) is 8.06. The Morgan fingerprint density at radius 2 is 1.59 bits per heavy atom. The molecule has 0 heterocycles. The molecule has 2 aromatic rings. The van der Waals surface area contributed by atoms with Gasteiger partial charge in [0.15, 0.2) is 0 Å². The first kappa shape index (κ1) is 14.8. The second-order valence-corrected chi connectivity index (χ2v) is 5.98. The second-order valence-electron chi connectivity index (χ2n) is 5.98. The number of rotatable bonds is 6. The highest BCUT2D eigenvalue weighted by molar-refractivity contribution is 5.81. The van der Waals surface area contributed by atoms with Gasteiger partial charge in [-0.2, -0.15) is 0 Å². The molecule has 0 saturated heterocycles. The lowest BCUT2D eigenvalue weighted by molar-refractivity contribution is -0.145. The highest BCUT2D eigenvalue weighted by atomic mass is 16.5. The first-order valence-electron chi connectivity index (χ1n) is 8.06. The van der Waals surface area contributed by atoms with Crippen molar-refractivity contribution in [1.82, 2.24) is 0 Å². The van der Waals surface area contributed by atoms with Gasteiger partial charge in [0.1, 0.15) is 0 Å². The fourth-order valence-electron chi connectivity index (χ4n) is 3.24. The van der Waals surface area contributed by atoms with E-state index < -0.39 is 0 Å². The Morgan fingerprint density at radius 1 is 1.05 bits per heavy atom. The van der Waals surface area contributed by atoms with Crippen LogP contribution in [0.25, 0.3) is 0 Å². The molecule has 0 N–H and O–H groups in total. The number of benzene rings is 2. The number of carbonyl (C=O) groups is 1. The molecule has 3 rings (SSSR count). The standard InChI is InChI=1S/C20H22O2/c1-2-3-14-22-19(21)18-15-20(18,16-10-6-4-7-11-16)17-12-8-5-9-13-17/h4-13,18H,2-3,14-15H2,1H3/t18-/m0/s1. The van der Waals surface area contributed by atoms with Crippen molar-refractivity contribution in [2.75, 3.05) is 6.61 Å². The topological polar surface area (TPSA) is 26.3 Å². The summed E-state index contributed by atoms with van der Waals surface area (Å²) in [4.78, 5) is 12.4. The zero-order chi connectivity index (χ0) is 15.4. The van der Waals surface area contributed by atoms with E-state index >= 15 is 0 Å². The molecule has 0 aromatic heterocycles. The van der Waals surface area contributed by atoms with Crippen LogP contribution in [0.3, 0.4) is 0 Å². The first-order chi connectivity index (χ1) is 10.8. The highest BCUT2D eigenvalue weighted by Crippen LogP contribution is 2.59. The Kier molecular flexibility index (Phi) is 4.28. The van der Waals surface area contributed by atoms with Gasteiger partial charge in [-0.3, -0.25) is 4.79 Å². The normalized spacial score (nSPS) is 18.7. The molecule has 0 amide bonds. The minimum Gasteiger partial charge on any atom is -0.465 e. The van der Waals surface area contributed by atoms with Crippen molar-refractivity contribution in [3.63, 3.8) is 0 Å². The van der Waals surface area contributed by atoms with E-state index in [1.165, 1.54) is 11.1 Å². The van der Waals surface area contributed by atoms with E-state index in [9.17, 15) is 4.79 Å². The molecule has 2 nitrogen and oxygen atoms in total. The molecule has 2 heteroatoms. The molecule has 114 valence electrons. The molecule has 0 bridgehead atoms. The second kappa shape index (κ2) is 6.35. The van der Waals surface area contributed by atoms with Crippen molar-refractivity contribution in [3.8, 4) is 0 Å². The van der Waals surface area contributed by atoms with Crippen LogP contribution in [0.5, 0.6) is 0 Å². The number of ether oxygens (including phenoxy) is 1. The molecular formula is C20H22O2. The average molecular weight is 294 g/mol. The van der Waals surface area contributed by atoms with Crippen molar-refractivity contribution >= 4 is 5.97 Å². The summed E-state index contributed by atoms with van der Waals surface area (Å²) < 4.78 is 5.47. The Morgan fingerprint density at radius 3 is 2.09 bits per heavy atom. The SMILES string of the molecule is CCCCOC(=O)[C@@H]1CC1(c1ccccc1)c1ccccc1. The van der Waals surface area contributed by atoms with Crippen molar-refractivity contribution in [1.29, 1.82) is 0 Å². The Hall–Kier alpha value is -2.09. The minimum absolute atomic E-state index is 0.0545.